The van der Waals surface area contributed by atoms with Crippen LogP contribution in [0.5, 0.6) is 5.75 Å². The number of hydrogen-bond donors (Lipinski definition) is 1. The zero-order chi connectivity index (χ0) is 7.30. The molecular weight excluding hydrogens is 128 g/mol. The molecule has 0 aliphatic rings. The first kappa shape index (κ1) is 5.47. The van der Waals surface area contributed by atoms with E-state index >= 15 is 0 Å². The molecule has 50 valence electrons. The number of benzene rings is 1. The van der Waals surface area contributed by atoms with Crippen molar-refractivity contribution in [3.8, 4) is 5.75 Å². The molecule has 0 aliphatic carbocycles. The summed E-state index contributed by atoms with van der Waals surface area (Å²) in [6.07, 6.45) is 0. The first-order valence-corrected chi connectivity index (χ1v) is 3.09. The third-order valence-electron chi connectivity index (χ3n) is 1.85. The van der Waals surface area contributed by atoms with Crippen LogP contribution >= 0.6 is 0 Å². The summed E-state index contributed by atoms with van der Waals surface area (Å²) in [5, 5.41) is 10.6. The van der Waals surface area contributed by atoms with E-state index in [2.05, 4.69) is 0 Å². The quantitative estimate of drug-likeness (QED) is 0.585. The lowest BCUT2D eigenvalue weighted by molar-refractivity contribution is 0.472. The first-order chi connectivity index (χ1) is 4.72. The summed E-state index contributed by atoms with van der Waals surface area (Å²) in [6.45, 7) is 1.75. The van der Waals surface area contributed by atoms with E-state index < -0.39 is 0 Å². The number of hydrogen-bond acceptors (Lipinski definition) is 2. The largest absolute Gasteiger partial charge is 0.508 e. The Hall–Kier alpha value is -1.31. The lowest BCUT2D eigenvalue weighted by Gasteiger charge is -1.90. The molecule has 0 amide bonds. The van der Waals surface area contributed by atoms with E-state index in [1.165, 1.54) is 0 Å². The van der Waals surface area contributed by atoms with Gasteiger partial charge in [-0.3, -0.25) is 4.79 Å². The maximum absolute atomic E-state index is 10.8. The second kappa shape index (κ2) is 1.40. The predicted molar refractivity (Wildman–Crippen MR) is 39.0 cm³/mol. The van der Waals surface area contributed by atoms with Crippen LogP contribution < -0.4 is 5.43 Å². The van der Waals surface area contributed by atoms with Gasteiger partial charge >= 0.3 is 0 Å². The van der Waals surface area contributed by atoms with Gasteiger partial charge in [-0.1, -0.05) is 0 Å². The van der Waals surface area contributed by atoms with Crippen LogP contribution in [-0.2, 0) is 0 Å². The second-order valence-corrected chi connectivity index (χ2v) is 2.46. The molecule has 0 aliphatic heterocycles. The number of rotatable bonds is 0. The van der Waals surface area contributed by atoms with Crippen LogP contribution in [0.1, 0.15) is 5.56 Å². The van der Waals surface area contributed by atoms with E-state index in [0.29, 0.717) is 10.9 Å². The molecule has 2 rings (SSSR count). The summed E-state index contributed by atoms with van der Waals surface area (Å²) in [6, 6.07) is 3.21. The molecular formula is C8H6O2. The Bertz CT molecular complexity index is 405. The minimum Gasteiger partial charge on any atom is -0.508 e. The molecule has 0 spiro atoms. The highest BCUT2D eigenvalue weighted by Gasteiger charge is 2.15. The molecule has 0 saturated heterocycles. The Morgan fingerprint density at radius 2 is 2.10 bits per heavy atom. The average molecular weight is 134 g/mol. The molecule has 2 aromatic rings. The molecule has 0 bridgehead atoms. The molecule has 0 saturated carbocycles. The molecule has 0 radical (unpaired) electrons. The molecule has 0 unspecified atom stereocenters. The van der Waals surface area contributed by atoms with Gasteiger partial charge in [0.15, 0.2) is 5.43 Å². The van der Waals surface area contributed by atoms with E-state index in [-0.39, 0.29) is 11.2 Å². The minimum absolute atomic E-state index is 0.0813. The van der Waals surface area contributed by atoms with Gasteiger partial charge in [0.1, 0.15) is 5.75 Å². The van der Waals surface area contributed by atoms with E-state index in [0.717, 1.165) is 5.39 Å². The normalized spacial score (nSPS) is 11.3. The number of phenols is 1. The Kier molecular flexibility index (Phi) is 0.765. The Labute approximate surface area is 57.4 Å². The molecule has 0 heterocycles. The van der Waals surface area contributed by atoms with Gasteiger partial charge in [0.2, 0.25) is 0 Å². The van der Waals surface area contributed by atoms with Crippen molar-refractivity contribution in [2.45, 2.75) is 6.92 Å². The average Bonchev–Trinajstić information content (AvgIpc) is 2.54. The molecule has 0 aromatic heterocycles. The molecule has 2 aromatic carbocycles. The van der Waals surface area contributed by atoms with Crippen LogP contribution in [0.25, 0.3) is 10.8 Å². The maximum atomic E-state index is 10.8. The van der Waals surface area contributed by atoms with Crippen molar-refractivity contribution in [2.24, 2.45) is 0 Å². The van der Waals surface area contributed by atoms with Gasteiger partial charge in [0, 0.05) is 16.3 Å². The van der Waals surface area contributed by atoms with Crippen molar-refractivity contribution in [2.75, 3.05) is 0 Å². The third kappa shape index (κ3) is 0.460. The number of aromatic hydroxyl groups is 1. The maximum Gasteiger partial charge on any atom is 0.194 e. The highest BCUT2D eigenvalue weighted by Crippen LogP contribution is 2.26. The van der Waals surface area contributed by atoms with Crippen LogP contribution in [-0.4, -0.2) is 5.11 Å². The smallest absolute Gasteiger partial charge is 0.194 e. The molecule has 0 atom stereocenters. The van der Waals surface area contributed by atoms with E-state index in [1.54, 1.807) is 19.1 Å². The summed E-state index contributed by atoms with van der Waals surface area (Å²) in [7, 11) is 0. The van der Waals surface area contributed by atoms with Crippen molar-refractivity contribution in [1.29, 1.82) is 0 Å². The zero-order valence-electron chi connectivity index (χ0n) is 5.51. The van der Waals surface area contributed by atoms with Gasteiger partial charge in [-0.05, 0) is 19.1 Å². The SMILES string of the molecule is Cc1c(O)ccc2c(=O)c12. The first-order valence-electron chi connectivity index (χ1n) is 3.09. The van der Waals surface area contributed by atoms with E-state index in [1.807, 2.05) is 0 Å². The summed E-state index contributed by atoms with van der Waals surface area (Å²) in [4.78, 5) is 10.8. The van der Waals surface area contributed by atoms with Gasteiger partial charge < -0.3 is 5.11 Å². The fourth-order valence-corrected chi connectivity index (χ4v) is 1.13. The second-order valence-electron chi connectivity index (χ2n) is 2.46. The van der Waals surface area contributed by atoms with Crippen LogP contribution in [0, 0.1) is 6.92 Å². The topological polar surface area (TPSA) is 37.3 Å². The van der Waals surface area contributed by atoms with Crippen molar-refractivity contribution in [3.63, 3.8) is 0 Å². The number of phenolic OH excluding ortho intramolecular Hbond substituents is 1. The van der Waals surface area contributed by atoms with Crippen molar-refractivity contribution in [3.05, 3.63) is 27.9 Å². The Morgan fingerprint density at radius 3 is 2.70 bits per heavy atom. The molecule has 2 heteroatoms. The van der Waals surface area contributed by atoms with Gasteiger partial charge in [-0.2, -0.15) is 0 Å². The van der Waals surface area contributed by atoms with Crippen LogP contribution in [0.2, 0.25) is 0 Å². The van der Waals surface area contributed by atoms with Gasteiger partial charge in [-0.25, -0.2) is 0 Å². The Balaban J connectivity index is 2.93. The monoisotopic (exact) mass is 134 g/mol. The molecule has 2 nitrogen and oxygen atoms in total. The van der Waals surface area contributed by atoms with Crippen molar-refractivity contribution >= 4 is 10.8 Å². The highest BCUT2D eigenvalue weighted by molar-refractivity contribution is 6.01. The van der Waals surface area contributed by atoms with Gasteiger partial charge in [0.25, 0.3) is 0 Å². The molecule has 1 N–H and O–H groups in total. The van der Waals surface area contributed by atoms with Gasteiger partial charge in [-0.15, -0.1) is 0 Å². The van der Waals surface area contributed by atoms with Crippen LogP contribution in [0.4, 0.5) is 0 Å². The predicted octanol–water partition coefficient (Wildman–Crippen LogP) is 1.09. The minimum atomic E-state index is 0.0813. The number of fused-ring (bicyclic) bond motifs is 1. The van der Waals surface area contributed by atoms with Crippen LogP contribution in [0.15, 0.2) is 16.9 Å². The highest BCUT2D eigenvalue weighted by atomic mass is 16.3. The summed E-state index contributed by atoms with van der Waals surface area (Å²) in [5.74, 6) is 0.213. The number of aryl methyl sites for hydroxylation is 1. The fourth-order valence-electron chi connectivity index (χ4n) is 1.13. The van der Waals surface area contributed by atoms with Crippen molar-refractivity contribution < 1.29 is 5.11 Å². The van der Waals surface area contributed by atoms with E-state index in [4.69, 9.17) is 5.11 Å². The summed E-state index contributed by atoms with van der Waals surface area (Å²) < 4.78 is 0. The summed E-state index contributed by atoms with van der Waals surface area (Å²) >= 11 is 0. The standard InChI is InChI=1S/C8H6O2/c1-4-6(9)3-2-5-7(4)8(5)10/h2-3,9H,1H3. The van der Waals surface area contributed by atoms with E-state index in [9.17, 15) is 4.79 Å². The van der Waals surface area contributed by atoms with Crippen molar-refractivity contribution in [1.82, 2.24) is 0 Å². The third-order valence-corrected chi connectivity index (χ3v) is 1.85. The van der Waals surface area contributed by atoms with Gasteiger partial charge in [0.05, 0.1) is 0 Å². The molecule has 10 heavy (non-hydrogen) atoms. The molecule has 0 fully saturated rings. The summed E-state index contributed by atoms with van der Waals surface area (Å²) in [5.41, 5.74) is 0.792. The van der Waals surface area contributed by atoms with Crippen LogP contribution in [0.3, 0.4) is 0 Å². The lowest BCUT2D eigenvalue weighted by Crippen LogP contribution is -1.72. The zero-order valence-corrected chi connectivity index (χ0v) is 5.51. The Morgan fingerprint density at radius 1 is 1.40 bits per heavy atom. The fraction of sp³-hybridized carbons (Fsp3) is 0.125. The lowest BCUT2D eigenvalue weighted by atomic mass is 10.2.